The molecule has 1 aliphatic heterocycles. The Morgan fingerprint density at radius 2 is 1.93 bits per heavy atom. The summed E-state index contributed by atoms with van der Waals surface area (Å²) < 4.78 is 15.9. The summed E-state index contributed by atoms with van der Waals surface area (Å²) in [6, 6.07) is 9.48. The van der Waals surface area contributed by atoms with Gasteiger partial charge in [-0.05, 0) is 36.2 Å². The molecule has 144 valence electrons. The number of aromatic nitrogens is 1. The second-order valence-corrected chi connectivity index (χ2v) is 6.24. The number of nitrogens with one attached hydrogen (secondary N) is 1. The predicted molar refractivity (Wildman–Crippen MR) is 104 cm³/mol. The largest absolute Gasteiger partial charge is 0.493 e. The Bertz CT molecular complexity index is 758. The van der Waals surface area contributed by atoms with Crippen LogP contribution < -0.4 is 19.7 Å². The van der Waals surface area contributed by atoms with E-state index in [0.29, 0.717) is 30.2 Å². The Morgan fingerprint density at radius 3 is 2.59 bits per heavy atom. The van der Waals surface area contributed by atoms with Crippen LogP contribution in [0.1, 0.15) is 12.0 Å². The number of hydrogen-bond donors (Lipinski definition) is 1. The molecule has 7 heteroatoms. The van der Waals surface area contributed by atoms with Crippen LogP contribution in [0.15, 0.2) is 36.5 Å². The molecule has 0 spiro atoms. The lowest BCUT2D eigenvalue weighted by atomic mass is 10.1. The SMILES string of the molecule is COc1ccc(CCC(=O)Nc2ccc(N3CCOCC3)cn2)cc1OC. The molecule has 1 fully saturated rings. The summed E-state index contributed by atoms with van der Waals surface area (Å²) in [5, 5.41) is 2.84. The number of aryl methyl sites for hydroxylation is 1. The number of rotatable bonds is 7. The number of morpholine rings is 1. The fraction of sp³-hybridized carbons (Fsp3) is 0.400. The lowest BCUT2D eigenvalue weighted by Crippen LogP contribution is -2.36. The molecule has 0 bridgehead atoms. The first kappa shape index (κ1) is 19.0. The highest BCUT2D eigenvalue weighted by molar-refractivity contribution is 5.90. The first-order chi connectivity index (χ1) is 13.2. The first-order valence-electron chi connectivity index (χ1n) is 8.99. The maximum absolute atomic E-state index is 12.2. The van der Waals surface area contributed by atoms with Gasteiger partial charge in [0.1, 0.15) is 5.82 Å². The smallest absolute Gasteiger partial charge is 0.225 e. The monoisotopic (exact) mass is 371 g/mol. The van der Waals surface area contributed by atoms with Crippen molar-refractivity contribution in [3.63, 3.8) is 0 Å². The van der Waals surface area contributed by atoms with E-state index in [0.717, 1.165) is 37.6 Å². The quantitative estimate of drug-likeness (QED) is 0.806. The third-order valence-corrected chi connectivity index (χ3v) is 4.48. The van der Waals surface area contributed by atoms with Gasteiger partial charge in [0.25, 0.3) is 0 Å². The molecule has 1 amide bonds. The molecule has 1 saturated heterocycles. The third kappa shape index (κ3) is 5.10. The van der Waals surface area contributed by atoms with E-state index in [-0.39, 0.29) is 5.91 Å². The topological polar surface area (TPSA) is 72.9 Å². The first-order valence-corrected chi connectivity index (χ1v) is 8.99. The van der Waals surface area contributed by atoms with Crippen molar-refractivity contribution in [2.24, 2.45) is 0 Å². The number of hydrogen-bond acceptors (Lipinski definition) is 6. The highest BCUT2D eigenvalue weighted by Gasteiger charge is 2.12. The van der Waals surface area contributed by atoms with Crippen LogP contribution in [-0.4, -0.2) is 51.4 Å². The van der Waals surface area contributed by atoms with Crippen molar-refractivity contribution in [1.29, 1.82) is 0 Å². The minimum Gasteiger partial charge on any atom is -0.493 e. The molecule has 0 atom stereocenters. The van der Waals surface area contributed by atoms with Crippen molar-refractivity contribution in [1.82, 2.24) is 4.98 Å². The summed E-state index contributed by atoms with van der Waals surface area (Å²) in [4.78, 5) is 18.8. The number of nitrogens with zero attached hydrogens (tertiary/aromatic N) is 2. The molecule has 7 nitrogen and oxygen atoms in total. The molecule has 2 aromatic rings. The van der Waals surface area contributed by atoms with Crippen molar-refractivity contribution in [2.45, 2.75) is 12.8 Å². The standard InChI is InChI=1S/C20H25N3O4/c1-25-17-6-3-15(13-18(17)26-2)4-8-20(24)22-19-7-5-16(14-21-19)23-9-11-27-12-10-23/h3,5-7,13-14H,4,8-12H2,1-2H3,(H,21,22,24). The van der Waals surface area contributed by atoms with Crippen LogP contribution in [0.5, 0.6) is 11.5 Å². The third-order valence-electron chi connectivity index (χ3n) is 4.48. The van der Waals surface area contributed by atoms with Gasteiger partial charge in [-0.2, -0.15) is 0 Å². The van der Waals surface area contributed by atoms with Crippen LogP contribution >= 0.6 is 0 Å². The van der Waals surface area contributed by atoms with Crippen LogP contribution in [0, 0.1) is 0 Å². The van der Waals surface area contributed by atoms with Gasteiger partial charge in [0.2, 0.25) is 5.91 Å². The molecule has 0 radical (unpaired) electrons. The van der Waals surface area contributed by atoms with Crippen molar-refractivity contribution in [2.75, 3.05) is 50.7 Å². The molecule has 3 rings (SSSR count). The van der Waals surface area contributed by atoms with Gasteiger partial charge in [-0.3, -0.25) is 4.79 Å². The highest BCUT2D eigenvalue weighted by atomic mass is 16.5. The fourth-order valence-electron chi connectivity index (χ4n) is 2.97. The maximum Gasteiger partial charge on any atom is 0.225 e. The molecule has 1 aromatic heterocycles. The summed E-state index contributed by atoms with van der Waals surface area (Å²) in [6.45, 7) is 3.18. The minimum atomic E-state index is -0.0728. The van der Waals surface area contributed by atoms with Crippen molar-refractivity contribution < 1.29 is 19.0 Å². The Labute approximate surface area is 159 Å². The second-order valence-electron chi connectivity index (χ2n) is 6.24. The fourth-order valence-corrected chi connectivity index (χ4v) is 2.97. The lowest BCUT2D eigenvalue weighted by molar-refractivity contribution is -0.116. The molecule has 27 heavy (non-hydrogen) atoms. The van der Waals surface area contributed by atoms with Crippen LogP contribution in [0.2, 0.25) is 0 Å². The van der Waals surface area contributed by atoms with Crippen molar-refractivity contribution in [3.8, 4) is 11.5 Å². The number of amides is 1. The second kappa shape index (κ2) is 9.23. The number of anilines is 2. The van der Waals surface area contributed by atoms with Gasteiger partial charge in [0.15, 0.2) is 11.5 Å². The molecule has 0 saturated carbocycles. The van der Waals surface area contributed by atoms with E-state index in [1.165, 1.54) is 0 Å². The molecule has 0 aliphatic carbocycles. The molecular formula is C20H25N3O4. The highest BCUT2D eigenvalue weighted by Crippen LogP contribution is 2.28. The van der Waals surface area contributed by atoms with E-state index in [1.807, 2.05) is 30.3 Å². The number of pyridine rings is 1. The molecular weight excluding hydrogens is 346 g/mol. The van der Waals surface area contributed by atoms with Crippen LogP contribution in [0.3, 0.4) is 0 Å². The molecule has 2 heterocycles. The maximum atomic E-state index is 12.2. The van der Waals surface area contributed by atoms with E-state index >= 15 is 0 Å². The van der Waals surface area contributed by atoms with E-state index in [4.69, 9.17) is 14.2 Å². The summed E-state index contributed by atoms with van der Waals surface area (Å²) in [7, 11) is 3.20. The van der Waals surface area contributed by atoms with Gasteiger partial charge in [-0.25, -0.2) is 4.98 Å². The van der Waals surface area contributed by atoms with E-state index in [9.17, 15) is 4.79 Å². The zero-order valence-corrected chi connectivity index (χ0v) is 15.7. The predicted octanol–water partition coefficient (Wildman–Crippen LogP) is 2.51. The molecule has 1 aromatic carbocycles. The Kier molecular flexibility index (Phi) is 6.49. The zero-order valence-electron chi connectivity index (χ0n) is 15.7. The summed E-state index contributed by atoms with van der Waals surface area (Å²) >= 11 is 0. The van der Waals surface area contributed by atoms with Gasteiger partial charge in [-0.1, -0.05) is 6.07 Å². The van der Waals surface area contributed by atoms with Crippen LogP contribution in [0.25, 0.3) is 0 Å². The normalized spacial score (nSPS) is 13.9. The molecule has 1 N–H and O–H groups in total. The van der Waals surface area contributed by atoms with E-state index < -0.39 is 0 Å². The average molecular weight is 371 g/mol. The van der Waals surface area contributed by atoms with Gasteiger partial charge >= 0.3 is 0 Å². The Hall–Kier alpha value is -2.80. The number of benzene rings is 1. The molecule has 1 aliphatic rings. The van der Waals surface area contributed by atoms with Crippen LogP contribution in [0.4, 0.5) is 11.5 Å². The average Bonchev–Trinajstić information content (AvgIpc) is 2.73. The number of ether oxygens (including phenoxy) is 3. The van der Waals surface area contributed by atoms with Gasteiger partial charge in [0.05, 0.1) is 39.3 Å². The Balaban J connectivity index is 1.51. The minimum absolute atomic E-state index is 0.0728. The number of carbonyl (C=O) groups is 1. The van der Waals surface area contributed by atoms with Crippen molar-refractivity contribution in [3.05, 3.63) is 42.1 Å². The summed E-state index contributed by atoms with van der Waals surface area (Å²) in [5.41, 5.74) is 2.06. The number of methoxy groups -OCH3 is 2. The number of carbonyl (C=O) groups excluding carboxylic acids is 1. The summed E-state index contributed by atoms with van der Waals surface area (Å²) in [5.74, 6) is 1.83. The Morgan fingerprint density at radius 1 is 1.15 bits per heavy atom. The van der Waals surface area contributed by atoms with Crippen molar-refractivity contribution >= 4 is 17.4 Å². The van der Waals surface area contributed by atoms with Gasteiger partial charge in [-0.15, -0.1) is 0 Å². The zero-order chi connectivity index (χ0) is 19.1. The summed E-state index contributed by atoms with van der Waals surface area (Å²) in [6.07, 6.45) is 2.76. The molecule has 0 unspecified atom stereocenters. The van der Waals surface area contributed by atoms with Crippen LogP contribution in [-0.2, 0) is 16.0 Å². The van der Waals surface area contributed by atoms with Gasteiger partial charge < -0.3 is 24.4 Å². The van der Waals surface area contributed by atoms with E-state index in [2.05, 4.69) is 15.2 Å². The van der Waals surface area contributed by atoms with Gasteiger partial charge in [0, 0.05) is 19.5 Å². The van der Waals surface area contributed by atoms with E-state index in [1.54, 1.807) is 20.4 Å². The lowest BCUT2D eigenvalue weighted by Gasteiger charge is -2.28.